The maximum Gasteiger partial charge on any atom is 0.247 e. The van der Waals surface area contributed by atoms with Crippen LogP contribution in [0.4, 0.5) is 24.8 Å². The van der Waals surface area contributed by atoms with Crippen molar-refractivity contribution in [1.29, 1.82) is 0 Å². The van der Waals surface area contributed by atoms with E-state index in [-0.39, 0.29) is 30.6 Å². The van der Waals surface area contributed by atoms with Gasteiger partial charge in [-0.05, 0) is 36.8 Å². The summed E-state index contributed by atoms with van der Waals surface area (Å²) in [4.78, 5) is 4.04. The van der Waals surface area contributed by atoms with Crippen LogP contribution in [-0.4, -0.2) is 34.1 Å². The van der Waals surface area contributed by atoms with Crippen molar-refractivity contribution in [3.05, 3.63) is 59.7 Å². The predicted molar refractivity (Wildman–Crippen MR) is 97.7 cm³/mol. The molecule has 0 saturated carbocycles. The van der Waals surface area contributed by atoms with Crippen molar-refractivity contribution in [1.82, 2.24) is 14.8 Å². The summed E-state index contributed by atoms with van der Waals surface area (Å²) in [5.74, 6) is -2.29. The van der Waals surface area contributed by atoms with Crippen LogP contribution in [0.1, 0.15) is 13.4 Å². The molecule has 2 aromatic carbocycles. The summed E-state index contributed by atoms with van der Waals surface area (Å²) in [5.41, 5.74) is 1.23. The minimum atomic E-state index is -0.995. The van der Waals surface area contributed by atoms with E-state index in [9.17, 15) is 13.2 Å². The van der Waals surface area contributed by atoms with Gasteiger partial charge in [0, 0.05) is 13.9 Å². The molecule has 148 valence electrons. The van der Waals surface area contributed by atoms with Gasteiger partial charge in [0.25, 0.3) is 0 Å². The van der Waals surface area contributed by atoms with Gasteiger partial charge in [0.05, 0.1) is 24.6 Å². The Kier molecular flexibility index (Phi) is 4.91. The standard InChI is InChI=1S/C19H17F3N4O2.H2/c1-11-6-16(18(22)17(7-11)28-13-4-5-27-9-13)24-19-23-10-26(25-19)12-2-3-14(20)15(21)8-12;/h2-3,6-8,10,13H,4-5,9H2,1H3,(H,24,25);1H. The zero-order valence-corrected chi connectivity index (χ0v) is 15.0. The predicted octanol–water partition coefficient (Wildman–Crippen LogP) is 4.15. The Bertz CT molecular complexity index is 1010. The van der Waals surface area contributed by atoms with E-state index in [1.54, 1.807) is 12.1 Å². The van der Waals surface area contributed by atoms with E-state index in [0.29, 0.717) is 19.6 Å². The largest absolute Gasteiger partial charge is 0.485 e. The molecule has 0 amide bonds. The first-order chi connectivity index (χ1) is 13.5. The smallest absolute Gasteiger partial charge is 0.247 e. The maximum atomic E-state index is 14.8. The van der Waals surface area contributed by atoms with Gasteiger partial charge in [0.15, 0.2) is 23.2 Å². The first kappa shape index (κ1) is 18.3. The van der Waals surface area contributed by atoms with Crippen molar-refractivity contribution in [2.24, 2.45) is 0 Å². The number of ether oxygens (including phenoxy) is 2. The number of benzene rings is 2. The SMILES string of the molecule is Cc1cc(Nc2ncn(-c3ccc(F)c(F)c3)n2)c(F)c(OC2CCOC2)c1.[HH]. The summed E-state index contributed by atoms with van der Waals surface area (Å²) in [7, 11) is 0. The molecule has 1 fully saturated rings. The molecule has 9 heteroatoms. The Balaban J connectivity index is 0.00000240. The molecule has 1 aromatic heterocycles. The highest BCUT2D eigenvalue weighted by atomic mass is 19.2. The molecule has 0 radical (unpaired) electrons. The third kappa shape index (κ3) is 3.79. The highest BCUT2D eigenvalue weighted by molar-refractivity contribution is 5.59. The molecule has 1 saturated heterocycles. The number of halogens is 3. The van der Waals surface area contributed by atoms with E-state index in [1.807, 2.05) is 6.92 Å². The van der Waals surface area contributed by atoms with Crippen molar-refractivity contribution in [2.45, 2.75) is 19.4 Å². The molecule has 0 aliphatic carbocycles. The third-order valence-electron chi connectivity index (χ3n) is 4.27. The van der Waals surface area contributed by atoms with Crippen molar-refractivity contribution >= 4 is 11.6 Å². The van der Waals surface area contributed by atoms with Gasteiger partial charge in [0.1, 0.15) is 12.4 Å². The fourth-order valence-electron chi connectivity index (χ4n) is 2.89. The van der Waals surface area contributed by atoms with Gasteiger partial charge in [-0.3, -0.25) is 0 Å². The lowest BCUT2D eigenvalue weighted by atomic mass is 10.2. The number of aromatic nitrogens is 3. The van der Waals surface area contributed by atoms with Crippen LogP contribution in [0.2, 0.25) is 0 Å². The molecule has 1 aliphatic heterocycles. The molecule has 1 aliphatic rings. The molecule has 1 atom stereocenters. The molecule has 3 aromatic rings. The van der Waals surface area contributed by atoms with Crippen molar-refractivity contribution in [3.63, 3.8) is 0 Å². The normalized spacial score (nSPS) is 16.4. The summed E-state index contributed by atoms with van der Waals surface area (Å²) in [6, 6.07) is 6.57. The molecular weight excluding hydrogens is 373 g/mol. The highest BCUT2D eigenvalue weighted by Gasteiger charge is 2.21. The molecule has 0 spiro atoms. The van der Waals surface area contributed by atoms with Gasteiger partial charge in [-0.2, -0.15) is 4.98 Å². The van der Waals surface area contributed by atoms with Crippen LogP contribution in [-0.2, 0) is 4.74 Å². The van der Waals surface area contributed by atoms with Crippen LogP contribution in [0, 0.1) is 24.4 Å². The maximum absolute atomic E-state index is 14.8. The number of nitrogens with zero attached hydrogens (tertiary/aromatic N) is 3. The Hall–Kier alpha value is -3.07. The summed E-state index contributed by atoms with van der Waals surface area (Å²) in [5, 5.41) is 6.93. The second-order valence-electron chi connectivity index (χ2n) is 6.46. The molecular formula is C19H19F3N4O2. The topological polar surface area (TPSA) is 61.2 Å². The van der Waals surface area contributed by atoms with Crippen molar-refractivity contribution in [2.75, 3.05) is 18.5 Å². The quantitative estimate of drug-likeness (QED) is 0.707. The molecule has 1 unspecified atom stereocenters. The summed E-state index contributed by atoms with van der Waals surface area (Å²) < 4.78 is 53.5. The molecule has 4 rings (SSSR count). The second kappa shape index (κ2) is 7.51. The van der Waals surface area contributed by atoms with E-state index in [1.165, 1.54) is 17.1 Å². The number of anilines is 2. The van der Waals surface area contributed by atoms with Gasteiger partial charge in [-0.15, -0.1) is 5.10 Å². The number of hydrogen-bond donors (Lipinski definition) is 1. The molecule has 28 heavy (non-hydrogen) atoms. The number of hydrogen-bond acceptors (Lipinski definition) is 5. The zero-order chi connectivity index (χ0) is 19.7. The molecule has 0 bridgehead atoms. The van der Waals surface area contributed by atoms with E-state index in [2.05, 4.69) is 15.4 Å². The Morgan fingerprint density at radius 3 is 2.82 bits per heavy atom. The minimum Gasteiger partial charge on any atom is -0.485 e. The lowest BCUT2D eigenvalue weighted by molar-refractivity contribution is 0.138. The molecule has 2 heterocycles. The average molecular weight is 392 g/mol. The van der Waals surface area contributed by atoms with Crippen LogP contribution in [0.15, 0.2) is 36.7 Å². The van der Waals surface area contributed by atoms with Crippen LogP contribution < -0.4 is 10.1 Å². The van der Waals surface area contributed by atoms with Gasteiger partial charge in [0.2, 0.25) is 5.95 Å². The van der Waals surface area contributed by atoms with E-state index in [0.717, 1.165) is 17.7 Å². The third-order valence-corrected chi connectivity index (χ3v) is 4.27. The number of aryl methyl sites for hydroxylation is 1. The zero-order valence-electron chi connectivity index (χ0n) is 15.0. The van der Waals surface area contributed by atoms with Crippen LogP contribution in [0.5, 0.6) is 5.75 Å². The summed E-state index contributed by atoms with van der Waals surface area (Å²) >= 11 is 0. The van der Waals surface area contributed by atoms with E-state index >= 15 is 0 Å². The molecule has 6 nitrogen and oxygen atoms in total. The van der Waals surface area contributed by atoms with E-state index < -0.39 is 17.5 Å². The summed E-state index contributed by atoms with van der Waals surface area (Å²) in [6.45, 7) is 2.83. The Labute approximate surface area is 160 Å². The van der Waals surface area contributed by atoms with Crippen molar-refractivity contribution in [3.8, 4) is 11.4 Å². The fourth-order valence-corrected chi connectivity index (χ4v) is 2.89. The number of rotatable bonds is 5. The molecule has 1 N–H and O–H groups in total. The highest BCUT2D eigenvalue weighted by Crippen LogP contribution is 2.30. The van der Waals surface area contributed by atoms with Gasteiger partial charge >= 0.3 is 0 Å². The van der Waals surface area contributed by atoms with E-state index in [4.69, 9.17) is 9.47 Å². The van der Waals surface area contributed by atoms with Gasteiger partial charge < -0.3 is 14.8 Å². The minimum absolute atomic E-state index is 0. The lowest BCUT2D eigenvalue weighted by Gasteiger charge is -2.15. The second-order valence-corrected chi connectivity index (χ2v) is 6.46. The van der Waals surface area contributed by atoms with Crippen molar-refractivity contribution < 1.29 is 24.1 Å². The average Bonchev–Trinajstić information content (AvgIpc) is 3.33. The first-order valence-electron chi connectivity index (χ1n) is 8.68. The number of nitrogens with one attached hydrogen (secondary N) is 1. The van der Waals surface area contributed by atoms with Crippen LogP contribution in [0.3, 0.4) is 0 Å². The Morgan fingerprint density at radius 1 is 1.21 bits per heavy atom. The Morgan fingerprint density at radius 2 is 2.07 bits per heavy atom. The monoisotopic (exact) mass is 392 g/mol. The summed E-state index contributed by atoms with van der Waals surface area (Å²) in [6.07, 6.45) is 1.83. The van der Waals surface area contributed by atoms with Crippen LogP contribution >= 0.6 is 0 Å². The van der Waals surface area contributed by atoms with Gasteiger partial charge in [-0.1, -0.05) is 0 Å². The fraction of sp³-hybridized carbons (Fsp3) is 0.263. The lowest BCUT2D eigenvalue weighted by Crippen LogP contribution is -2.17. The first-order valence-corrected chi connectivity index (χ1v) is 8.68. The van der Waals surface area contributed by atoms with Crippen LogP contribution in [0.25, 0.3) is 5.69 Å². The van der Waals surface area contributed by atoms with Gasteiger partial charge in [-0.25, -0.2) is 17.9 Å².